The summed E-state index contributed by atoms with van der Waals surface area (Å²) in [5.41, 5.74) is 0.677. The molecule has 0 aromatic heterocycles. The summed E-state index contributed by atoms with van der Waals surface area (Å²) in [4.78, 5) is 4.32. The van der Waals surface area contributed by atoms with Crippen molar-refractivity contribution in [1.82, 2.24) is 4.90 Å². The fraction of sp³-hybridized carbons (Fsp3) is 0.684. The Morgan fingerprint density at radius 2 is 1.96 bits per heavy atom. The fourth-order valence-corrected chi connectivity index (χ4v) is 3.82. The zero-order valence-electron chi connectivity index (χ0n) is 14.5. The van der Waals surface area contributed by atoms with Gasteiger partial charge in [0.2, 0.25) is 0 Å². The summed E-state index contributed by atoms with van der Waals surface area (Å²) >= 11 is 0. The van der Waals surface area contributed by atoms with Crippen molar-refractivity contribution in [2.24, 2.45) is 5.92 Å². The van der Waals surface area contributed by atoms with E-state index < -0.39 is 6.10 Å². The lowest BCUT2D eigenvalue weighted by Gasteiger charge is -2.37. The van der Waals surface area contributed by atoms with Crippen molar-refractivity contribution in [3.8, 4) is 0 Å². The van der Waals surface area contributed by atoms with Crippen LogP contribution in [0.5, 0.6) is 0 Å². The molecule has 0 spiro atoms. The molecule has 134 valence electrons. The van der Waals surface area contributed by atoms with E-state index in [1.807, 2.05) is 12.1 Å². The predicted octanol–water partition coefficient (Wildman–Crippen LogP) is 2.51. The molecule has 1 N–H and O–H groups in total. The van der Waals surface area contributed by atoms with E-state index in [0.29, 0.717) is 30.9 Å². The first-order chi connectivity index (χ1) is 11.6. The van der Waals surface area contributed by atoms with Crippen LogP contribution in [0.15, 0.2) is 24.3 Å². The van der Waals surface area contributed by atoms with Crippen LogP contribution in [0.4, 0.5) is 10.1 Å². The molecule has 4 nitrogen and oxygen atoms in total. The number of anilines is 1. The van der Waals surface area contributed by atoms with Gasteiger partial charge in [0, 0.05) is 32.7 Å². The van der Waals surface area contributed by atoms with E-state index in [-0.39, 0.29) is 5.82 Å². The minimum atomic E-state index is -0.446. The lowest BCUT2D eigenvalue weighted by molar-refractivity contribution is -0.0321. The van der Waals surface area contributed by atoms with Gasteiger partial charge in [-0.1, -0.05) is 25.5 Å². The zero-order valence-corrected chi connectivity index (χ0v) is 14.5. The number of halogens is 1. The monoisotopic (exact) mass is 336 g/mol. The first kappa shape index (κ1) is 17.6. The number of aliphatic hydroxyl groups is 1. The first-order valence-electron chi connectivity index (χ1n) is 9.15. The van der Waals surface area contributed by atoms with Crippen molar-refractivity contribution in [3.63, 3.8) is 0 Å². The maximum absolute atomic E-state index is 13.8. The molecule has 2 fully saturated rings. The highest BCUT2D eigenvalue weighted by atomic mass is 19.1. The Bertz CT molecular complexity index is 520. The second kappa shape index (κ2) is 8.28. The van der Waals surface area contributed by atoms with Crippen LogP contribution in [0, 0.1) is 11.7 Å². The number of para-hydroxylation sites is 1. The second-order valence-corrected chi connectivity index (χ2v) is 7.17. The number of nitrogens with zero attached hydrogens (tertiary/aromatic N) is 2. The van der Waals surface area contributed by atoms with Crippen LogP contribution < -0.4 is 4.90 Å². The van der Waals surface area contributed by atoms with Crippen LogP contribution in [0.25, 0.3) is 0 Å². The summed E-state index contributed by atoms with van der Waals surface area (Å²) in [7, 11) is 0. The van der Waals surface area contributed by atoms with Crippen LogP contribution >= 0.6 is 0 Å². The first-order valence-corrected chi connectivity index (χ1v) is 9.15. The summed E-state index contributed by atoms with van der Waals surface area (Å²) < 4.78 is 19.7. The van der Waals surface area contributed by atoms with Crippen LogP contribution in [-0.2, 0) is 4.74 Å². The van der Waals surface area contributed by atoms with Gasteiger partial charge in [0.1, 0.15) is 5.82 Å². The number of rotatable bonds is 6. The number of piperazine rings is 1. The molecule has 1 aromatic rings. The average molecular weight is 336 g/mol. The molecule has 3 rings (SSSR count). The second-order valence-electron chi connectivity index (χ2n) is 7.17. The molecule has 1 saturated carbocycles. The van der Waals surface area contributed by atoms with Gasteiger partial charge in [0.15, 0.2) is 0 Å². The van der Waals surface area contributed by atoms with Crippen LogP contribution in [0.3, 0.4) is 0 Å². The molecule has 1 aliphatic carbocycles. The number of benzene rings is 1. The van der Waals surface area contributed by atoms with Crippen molar-refractivity contribution < 1.29 is 14.2 Å². The summed E-state index contributed by atoms with van der Waals surface area (Å²) in [6, 6.07) is 6.93. The molecule has 3 unspecified atom stereocenters. The number of β-amino-alcohol motifs (C(OH)–C–C–N with tert-alkyl or cyclic N) is 1. The predicted molar refractivity (Wildman–Crippen MR) is 93.8 cm³/mol. The molecule has 1 heterocycles. The normalized spacial score (nSPS) is 26.7. The number of hydrogen-bond acceptors (Lipinski definition) is 4. The molecule has 5 heteroatoms. The summed E-state index contributed by atoms with van der Waals surface area (Å²) in [6.07, 6.45) is 3.46. The van der Waals surface area contributed by atoms with E-state index in [1.54, 1.807) is 6.07 Å². The Labute approximate surface area is 144 Å². The Kier molecular flexibility index (Phi) is 6.09. The van der Waals surface area contributed by atoms with Gasteiger partial charge in [0.05, 0.1) is 24.5 Å². The highest BCUT2D eigenvalue weighted by Gasteiger charge is 2.26. The van der Waals surface area contributed by atoms with E-state index in [1.165, 1.54) is 18.9 Å². The van der Waals surface area contributed by atoms with Gasteiger partial charge >= 0.3 is 0 Å². The fourth-order valence-electron chi connectivity index (χ4n) is 3.82. The Morgan fingerprint density at radius 1 is 1.21 bits per heavy atom. The maximum atomic E-state index is 13.8. The average Bonchev–Trinajstić information content (AvgIpc) is 2.99. The van der Waals surface area contributed by atoms with Crippen molar-refractivity contribution in [2.75, 3.05) is 44.2 Å². The van der Waals surface area contributed by atoms with E-state index in [2.05, 4.69) is 16.7 Å². The molecule has 24 heavy (non-hydrogen) atoms. The largest absolute Gasteiger partial charge is 0.389 e. The van der Waals surface area contributed by atoms with Crippen molar-refractivity contribution in [3.05, 3.63) is 30.1 Å². The zero-order chi connectivity index (χ0) is 16.9. The van der Waals surface area contributed by atoms with Gasteiger partial charge in [-0.05, 0) is 30.9 Å². The van der Waals surface area contributed by atoms with Gasteiger partial charge in [-0.3, -0.25) is 4.90 Å². The third-order valence-corrected chi connectivity index (χ3v) is 5.32. The van der Waals surface area contributed by atoms with Crippen molar-refractivity contribution >= 4 is 5.69 Å². The highest BCUT2D eigenvalue weighted by Crippen LogP contribution is 2.27. The van der Waals surface area contributed by atoms with Crippen LogP contribution in [0.1, 0.15) is 26.2 Å². The van der Waals surface area contributed by atoms with Crippen LogP contribution in [-0.4, -0.2) is 61.5 Å². The van der Waals surface area contributed by atoms with E-state index in [9.17, 15) is 9.50 Å². The molecule has 0 radical (unpaired) electrons. The van der Waals surface area contributed by atoms with E-state index in [4.69, 9.17) is 4.74 Å². The van der Waals surface area contributed by atoms with Crippen molar-refractivity contribution in [1.29, 1.82) is 0 Å². The summed E-state index contributed by atoms with van der Waals surface area (Å²) in [5.74, 6) is 0.451. The maximum Gasteiger partial charge on any atom is 0.146 e. The smallest absolute Gasteiger partial charge is 0.146 e. The third-order valence-electron chi connectivity index (χ3n) is 5.32. The minimum Gasteiger partial charge on any atom is -0.389 e. The van der Waals surface area contributed by atoms with E-state index >= 15 is 0 Å². The molecule has 1 saturated heterocycles. The number of hydrogen-bond donors (Lipinski definition) is 1. The molecule has 2 aliphatic rings. The van der Waals surface area contributed by atoms with Crippen LogP contribution in [0.2, 0.25) is 0 Å². The summed E-state index contributed by atoms with van der Waals surface area (Å²) in [6.45, 7) is 6.53. The highest BCUT2D eigenvalue weighted by molar-refractivity contribution is 5.47. The Morgan fingerprint density at radius 3 is 2.62 bits per heavy atom. The number of aliphatic hydroxyl groups excluding tert-OH is 1. The van der Waals surface area contributed by atoms with Gasteiger partial charge < -0.3 is 14.7 Å². The molecule has 1 aromatic carbocycles. The summed E-state index contributed by atoms with van der Waals surface area (Å²) in [5, 5.41) is 10.2. The van der Waals surface area contributed by atoms with Gasteiger partial charge in [-0.15, -0.1) is 0 Å². The lowest BCUT2D eigenvalue weighted by Crippen LogP contribution is -2.49. The van der Waals surface area contributed by atoms with Gasteiger partial charge in [-0.25, -0.2) is 4.39 Å². The van der Waals surface area contributed by atoms with Gasteiger partial charge in [-0.2, -0.15) is 0 Å². The third kappa shape index (κ3) is 4.47. The molecule has 0 amide bonds. The Balaban J connectivity index is 1.39. The standard InChI is InChI=1S/C19H29FN2O2/c1-15-5-4-8-19(15)24-14-16(23)13-21-9-11-22(12-10-21)18-7-3-2-6-17(18)20/h2-3,6-7,15-16,19,23H,4-5,8-14H2,1H3. The minimum absolute atomic E-state index is 0.162. The lowest BCUT2D eigenvalue weighted by atomic mass is 10.1. The van der Waals surface area contributed by atoms with Gasteiger partial charge in [0.25, 0.3) is 0 Å². The molecular weight excluding hydrogens is 307 g/mol. The molecule has 1 aliphatic heterocycles. The topological polar surface area (TPSA) is 35.9 Å². The molecule has 3 atom stereocenters. The molecule has 0 bridgehead atoms. The van der Waals surface area contributed by atoms with E-state index in [0.717, 1.165) is 32.6 Å². The SMILES string of the molecule is CC1CCCC1OCC(O)CN1CCN(c2ccccc2F)CC1. The Hall–Kier alpha value is -1.17. The molecular formula is C19H29FN2O2. The quantitative estimate of drug-likeness (QED) is 0.866. The number of ether oxygens (including phenoxy) is 1. The van der Waals surface area contributed by atoms with Crippen molar-refractivity contribution in [2.45, 2.75) is 38.4 Å².